The molecular weight excluding hydrogens is 256 g/mol. The van der Waals surface area contributed by atoms with Gasteiger partial charge in [0.05, 0.1) is 0 Å². The second kappa shape index (κ2) is 5.62. The summed E-state index contributed by atoms with van der Waals surface area (Å²) in [6, 6.07) is -0.174. The molecule has 2 aliphatic carbocycles. The molecule has 0 saturated heterocycles. The molecule has 0 radical (unpaired) electrons. The molecule has 114 valence electrons. The van der Waals surface area contributed by atoms with Crippen molar-refractivity contribution in [3.05, 3.63) is 0 Å². The van der Waals surface area contributed by atoms with E-state index >= 15 is 0 Å². The van der Waals surface area contributed by atoms with Crippen LogP contribution in [-0.4, -0.2) is 28.7 Å². The first-order valence-electron chi connectivity index (χ1n) is 7.70. The first kappa shape index (κ1) is 15.1. The van der Waals surface area contributed by atoms with E-state index in [1.54, 1.807) is 6.92 Å². The van der Waals surface area contributed by atoms with Gasteiger partial charge in [-0.3, -0.25) is 0 Å². The maximum absolute atomic E-state index is 12.1. The van der Waals surface area contributed by atoms with E-state index in [0.29, 0.717) is 11.8 Å². The molecular formula is C15H26N2O3. The Bertz CT molecular complexity index is 395. The number of carboxylic acids is 1. The van der Waals surface area contributed by atoms with Crippen molar-refractivity contribution in [2.45, 2.75) is 64.5 Å². The van der Waals surface area contributed by atoms with Gasteiger partial charge in [0.25, 0.3) is 0 Å². The highest BCUT2D eigenvalue weighted by Crippen LogP contribution is 2.40. The molecule has 0 heterocycles. The van der Waals surface area contributed by atoms with E-state index in [4.69, 9.17) is 0 Å². The molecule has 20 heavy (non-hydrogen) atoms. The zero-order chi connectivity index (χ0) is 14.9. The van der Waals surface area contributed by atoms with Crippen LogP contribution in [0.2, 0.25) is 0 Å². The van der Waals surface area contributed by atoms with Crippen LogP contribution < -0.4 is 10.6 Å². The summed E-state index contributed by atoms with van der Waals surface area (Å²) in [4.78, 5) is 23.5. The van der Waals surface area contributed by atoms with Crippen molar-refractivity contribution in [1.29, 1.82) is 0 Å². The van der Waals surface area contributed by atoms with Gasteiger partial charge in [-0.15, -0.1) is 0 Å². The Hall–Kier alpha value is -1.26. The Kier molecular flexibility index (Phi) is 4.25. The number of urea groups is 1. The number of rotatable bonds is 5. The molecule has 4 atom stereocenters. The third-order valence-electron chi connectivity index (χ3n) is 5.28. The van der Waals surface area contributed by atoms with Crippen LogP contribution in [0, 0.1) is 17.8 Å². The lowest BCUT2D eigenvalue weighted by Gasteiger charge is -2.28. The Balaban J connectivity index is 1.91. The van der Waals surface area contributed by atoms with Gasteiger partial charge in [0.15, 0.2) is 0 Å². The van der Waals surface area contributed by atoms with Crippen molar-refractivity contribution in [2.24, 2.45) is 17.8 Å². The average molecular weight is 282 g/mol. The number of carbonyl (C=O) groups excluding carboxylic acids is 1. The van der Waals surface area contributed by atoms with E-state index in [0.717, 1.165) is 32.1 Å². The van der Waals surface area contributed by atoms with Crippen molar-refractivity contribution in [1.82, 2.24) is 10.6 Å². The summed E-state index contributed by atoms with van der Waals surface area (Å²) < 4.78 is 0. The highest BCUT2D eigenvalue weighted by Gasteiger charge is 2.49. The largest absolute Gasteiger partial charge is 0.480 e. The molecule has 0 spiro atoms. The minimum atomic E-state index is -1.13. The van der Waals surface area contributed by atoms with Crippen molar-refractivity contribution in [3.63, 3.8) is 0 Å². The van der Waals surface area contributed by atoms with Gasteiger partial charge in [0.2, 0.25) is 0 Å². The number of amides is 2. The fraction of sp³-hybridized carbons (Fsp3) is 0.867. The molecule has 5 nitrogen and oxygen atoms in total. The molecule has 0 aromatic rings. The molecule has 0 aromatic heterocycles. The van der Waals surface area contributed by atoms with Crippen LogP contribution in [0.3, 0.4) is 0 Å². The second-order valence-electron chi connectivity index (χ2n) is 6.59. The topological polar surface area (TPSA) is 78.4 Å². The SMILES string of the molecule is CCC1CCC(NC(=O)NC(C)(C(=O)O)C2CC2)C1C. The van der Waals surface area contributed by atoms with Crippen LogP contribution in [0.5, 0.6) is 0 Å². The third kappa shape index (κ3) is 2.91. The molecule has 5 heteroatoms. The van der Waals surface area contributed by atoms with Gasteiger partial charge in [-0.05, 0) is 50.4 Å². The van der Waals surface area contributed by atoms with Crippen molar-refractivity contribution >= 4 is 12.0 Å². The maximum atomic E-state index is 12.1. The van der Waals surface area contributed by atoms with Crippen LogP contribution in [0.25, 0.3) is 0 Å². The average Bonchev–Trinajstić information content (AvgIpc) is 3.17. The van der Waals surface area contributed by atoms with Crippen molar-refractivity contribution in [3.8, 4) is 0 Å². The fourth-order valence-corrected chi connectivity index (χ4v) is 3.46. The number of aliphatic carboxylic acids is 1. The molecule has 2 aliphatic rings. The van der Waals surface area contributed by atoms with Gasteiger partial charge < -0.3 is 15.7 Å². The molecule has 0 bridgehead atoms. The molecule has 0 aliphatic heterocycles. The highest BCUT2D eigenvalue weighted by molar-refractivity contribution is 5.86. The Morgan fingerprint density at radius 2 is 1.90 bits per heavy atom. The normalized spacial score (nSPS) is 32.5. The van der Waals surface area contributed by atoms with E-state index in [1.807, 2.05) is 0 Å². The Morgan fingerprint density at radius 3 is 2.35 bits per heavy atom. The molecule has 2 rings (SSSR count). The summed E-state index contributed by atoms with van der Waals surface area (Å²) >= 11 is 0. The monoisotopic (exact) mass is 282 g/mol. The zero-order valence-corrected chi connectivity index (χ0v) is 12.6. The minimum Gasteiger partial charge on any atom is -0.480 e. The molecule has 2 saturated carbocycles. The van der Waals surface area contributed by atoms with E-state index in [2.05, 4.69) is 24.5 Å². The predicted octanol–water partition coefficient (Wildman–Crippen LogP) is 2.36. The smallest absolute Gasteiger partial charge is 0.329 e. The summed E-state index contributed by atoms with van der Waals surface area (Å²) in [5.74, 6) is 0.244. The fourth-order valence-electron chi connectivity index (χ4n) is 3.46. The van der Waals surface area contributed by atoms with Gasteiger partial charge in [-0.1, -0.05) is 20.3 Å². The number of carbonyl (C=O) groups is 2. The lowest BCUT2D eigenvalue weighted by atomic mass is 9.93. The van der Waals surface area contributed by atoms with E-state index < -0.39 is 11.5 Å². The van der Waals surface area contributed by atoms with Gasteiger partial charge in [-0.25, -0.2) is 9.59 Å². The van der Waals surface area contributed by atoms with Crippen LogP contribution in [0.15, 0.2) is 0 Å². The summed E-state index contributed by atoms with van der Waals surface area (Å²) in [5, 5.41) is 15.0. The van der Waals surface area contributed by atoms with Crippen LogP contribution >= 0.6 is 0 Å². The molecule has 4 unspecified atom stereocenters. The summed E-state index contributed by atoms with van der Waals surface area (Å²) in [5.41, 5.74) is -1.13. The van der Waals surface area contributed by atoms with Crippen LogP contribution in [-0.2, 0) is 4.79 Å². The van der Waals surface area contributed by atoms with Crippen LogP contribution in [0.4, 0.5) is 4.79 Å². The first-order chi connectivity index (χ1) is 9.38. The summed E-state index contributed by atoms with van der Waals surface area (Å²) in [7, 11) is 0. The maximum Gasteiger partial charge on any atom is 0.329 e. The number of nitrogens with one attached hydrogen (secondary N) is 2. The molecule has 0 aromatic carbocycles. The molecule has 3 N–H and O–H groups in total. The Morgan fingerprint density at radius 1 is 1.25 bits per heavy atom. The quantitative estimate of drug-likeness (QED) is 0.724. The highest BCUT2D eigenvalue weighted by atomic mass is 16.4. The minimum absolute atomic E-state index is 0.0649. The molecule has 2 fully saturated rings. The van der Waals surface area contributed by atoms with Gasteiger partial charge >= 0.3 is 12.0 Å². The van der Waals surface area contributed by atoms with Crippen molar-refractivity contribution < 1.29 is 14.7 Å². The lowest BCUT2D eigenvalue weighted by Crippen LogP contribution is -2.58. The summed E-state index contributed by atoms with van der Waals surface area (Å²) in [6.07, 6.45) is 5.01. The molecule has 2 amide bonds. The lowest BCUT2D eigenvalue weighted by molar-refractivity contribution is -0.144. The summed E-state index contributed by atoms with van der Waals surface area (Å²) in [6.45, 7) is 5.96. The van der Waals surface area contributed by atoms with E-state index in [-0.39, 0.29) is 18.0 Å². The van der Waals surface area contributed by atoms with E-state index in [1.165, 1.54) is 0 Å². The third-order valence-corrected chi connectivity index (χ3v) is 5.28. The standard InChI is InChI=1S/C15H26N2O3/c1-4-10-5-8-12(9(10)2)16-14(20)17-15(3,13(18)19)11-6-7-11/h9-12H,4-8H2,1-3H3,(H,18,19)(H2,16,17,20). The van der Waals surface area contributed by atoms with Gasteiger partial charge in [0.1, 0.15) is 5.54 Å². The Labute approximate surface area is 120 Å². The van der Waals surface area contributed by atoms with Gasteiger partial charge in [0, 0.05) is 6.04 Å². The number of hydrogen-bond acceptors (Lipinski definition) is 2. The van der Waals surface area contributed by atoms with E-state index in [9.17, 15) is 14.7 Å². The van der Waals surface area contributed by atoms with Crippen LogP contribution in [0.1, 0.15) is 52.9 Å². The van der Waals surface area contributed by atoms with Gasteiger partial charge in [-0.2, -0.15) is 0 Å². The second-order valence-corrected chi connectivity index (χ2v) is 6.59. The van der Waals surface area contributed by atoms with Crippen molar-refractivity contribution in [2.75, 3.05) is 0 Å². The zero-order valence-electron chi connectivity index (χ0n) is 12.6. The number of hydrogen-bond donors (Lipinski definition) is 3. The number of carboxylic acid groups (broad SMARTS) is 1. The predicted molar refractivity (Wildman–Crippen MR) is 76.4 cm³/mol. The first-order valence-corrected chi connectivity index (χ1v) is 7.70.